The van der Waals surface area contributed by atoms with Gasteiger partial charge in [0.15, 0.2) is 0 Å². The van der Waals surface area contributed by atoms with Crippen LogP contribution in [0.25, 0.3) is 11.1 Å². The topological polar surface area (TPSA) is 0 Å². The van der Waals surface area contributed by atoms with E-state index < -0.39 is 0 Å². The minimum atomic E-state index is 0. The molecule has 1 unspecified atom stereocenters. The average Bonchev–Trinajstić information content (AvgIpc) is 3.63. The molecular formula is C43H52Cl2Zr-4. The van der Waals surface area contributed by atoms with Gasteiger partial charge in [-0.15, -0.1) is 35.9 Å². The third-order valence-corrected chi connectivity index (χ3v) is 7.43. The van der Waals surface area contributed by atoms with Crippen molar-refractivity contribution in [1.82, 2.24) is 0 Å². The van der Waals surface area contributed by atoms with Gasteiger partial charge in [0.25, 0.3) is 0 Å². The Balaban J connectivity index is 0.000000596. The molecule has 6 rings (SSSR count). The normalized spacial score (nSPS) is 13.0. The van der Waals surface area contributed by atoms with Crippen molar-refractivity contribution in [3.63, 3.8) is 0 Å². The van der Waals surface area contributed by atoms with Crippen molar-refractivity contribution in [2.24, 2.45) is 11.3 Å². The number of fused-ring (bicyclic) bond motifs is 3. The zero-order chi connectivity index (χ0) is 32.5. The number of benzene rings is 4. The summed E-state index contributed by atoms with van der Waals surface area (Å²) < 4.78 is 3.34. The molecule has 4 aromatic rings. The molecule has 246 valence electrons. The number of halogens is 2. The summed E-state index contributed by atoms with van der Waals surface area (Å²) in [7, 11) is 0. The Morgan fingerprint density at radius 2 is 1.30 bits per heavy atom. The van der Waals surface area contributed by atoms with Gasteiger partial charge >= 0.3 is 28.4 Å². The second kappa shape index (κ2) is 23.1. The predicted molar refractivity (Wildman–Crippen MR) is 203 cm³/mol. The first kappa shape index (κ1) is 43.7. The van der Waals surface area contributed by atoms with E-state index in [4.69, 9.17) is 0 Å². The molecule has 0 aliphatic heterocycles. The summed E-state index contributed by atoms with van der Waals surface area (Å²) >= 11 is 1.30. The first-order valence-corrected chi connectivity index (χ1v) is 17.4. The standard InChI is InChI=1S/C15H13.C13H21.2C7H7.CH2.2ClH.Zr/c1-10-3-5-14-12(7-10)9-13-8-11(2)4-6-15(13)14;1-5-6-7-11-8-9-12(10-11)13(2,3)4;2*1-7-5-3-2-4-6-7;;;;/h3-7H,9H2,1-2H3;9-11H,5-7H2,1-4H3;2*3-6H,1H3;1H2;2*1H;/q4*-1;;;;. The fourth-order valence-corrected chi connectivity index (χ4v) is 4.88. The predicted octanol–water partition coefficient (Wildman–Crippen LogP) is 12.2. The van der Waals surface area contributed by atoms with Crippen LogP contribution in [0.15, 0.2) is 96.6 Å². The Morgan fingerprint density at radius 1 is 0.761 bits per heavy atom. The van der Waals surface area contributed by atoms with E-state index >= 15 is 0 Å². The number of rotatable bonds is 3. The Morgan fingerprint density at radius 3 is 1.76 bits per heavy atom. The van der Waals surface area contributed by atoms with Crippen LogP contribution in [0.4, 0.5) is 0 Å². The molecule has 4 aromatic carbocycles. The minimum absolute atomic E-state index is 0. The molecule has 0 amide bonds. The van der Waals surface area contributed by atoms with E-state index in [0.29, 0.717) is 11.3 Å². The van der Waals surface area contributed by atoms with Gasteiger partial charge in [-0.05, 0) is 18.9 Å². The molecule has 0 saturated carbocycles. The molecule has 0 heterocycles. The van der Waals surface area contributed by atoms with Crippen molar-refractivity contribution in [2.75, 3.05) is 0 Å². The van der Waals surface area contributed by atoms with Gasteiger partial charge in [-0.2, -0.15) is 107 Å². The number of allylic oxidation sites excluding steroid dienone is 4. The Hall–Kier alpha value is -2.31. The van der Waals surface area contributed by atoms with E-state index in [0.717, 1.165) is 6.42 Å². The molecule has 46 heavy (non-hydrogen) atoms. The van der Waals surface area contributed by atoms with E-state index in [1.165, 1.54) is 93.6 Å². The van der Waals surface area contributed by atoms with Gasteiger partial charge in [-0.25, -0.2) is 6.08 Å². The van der Waals surface area contributed by atoms with Crippen LogP contribution in [0.2, 0.25) is 0 Å². The fourth-order valence-electron chi connectivity index (χ4n) is 4.88. The van der Waals surface area contributed by atoms with Crippen LogP contribution in [0.3, 0.4) is 0 Å². The van der Waals surface area contributed by atoms with E-state index in [9.17, 15) is 0 Å². The molecule has 2 aliphatic rings. The SMILES string of the molecule is CCCCC1[C-]=CC(C(C)(C)C)=C1.Cc1[c-]c2c(cc1)-c1ccc(C)cc1C2.Cc1cc[c-]cc1.Cc1cc[c-]cc1.Cl.Cl.[CH2]=[Zr]. The van der Waals surface area contributed by atoms with Crippen molar-refractivity contribution in [3.8, 4) is 11.1 Å². The average molecular weight is 731 g/mol. The van der Waals surface area contributed by atoms with Gasteiger partial charge in [-0.3, -0.25) is 6.08 Å². The van der Waals surface area contributed by atoms with Crippen LogP contribution in [0, 0.1) is 63.3 Å². The number of unbranched alkanes of at least 4 members (excludes halogenated alkanes) is 1. The molecule has 1 atom stereocenters. The van der Waals surface area contributed by atoms with Gasteiger partial charge in [0.2, 0.25) is 0 Å². The Bertz CT molecular complexity index is 1380. The van der Waals surface area contributed by atoms with Crippen LogP contribution in [0.5, 0.6) is 0 Å². The maximum absolute atomic E-state index is 3.45. The summed E-state index contributed by atoms with van der Waals surface area (Å²) in [6.07, 6.45) is 12.9. The van der Waals surface area contributed by atoms with Gasteiger partial charge in [0.1, 0.15) is 0 Å². The molecule has 2 aliphatic carbocycles. The summed E-state index contributed by atoms with van der Waals surface area (Å²) in [5, 5.41) is 0. The van der Waals surface area contributed by atoms with Crippen molar-refractivity contribution < 1.29 is 24.2 Å². The van der Waals surface area contributed by atoms with Crippen molar-refractivity contribution in [1.29, 1.82) is 0 Å². The summed E-state index contributed by atoms with van der Waals surface area (Å²) in [6, 6.07) is 36.2. The molecule has 0 spiro atoms. The molecule has 0 nitrogen and oxygen atoms in total. The number of hydrogen-bond acceptors (Lipinski definition) is 0. The first-order valence-electron chi connectivity index (χ1n) is 15.7. The van der Waals surface area contributed by atoms with Crippen LogP contribution in [0.1, 0.15) is 80.3 Å². The fraction of sp³-hybridized carbons (Fsp3) is 0.326. The molecule has 0 fully saturated rings. The van der Waals surface area contributed by atoms with Crippen LogP contribution in [-0.4, -0.2) is 4.21 Å². The van der Waals surface area contributed by atoms with Crippen molar-refractivity contribution in [3.05, 3.63) is 154 Å². The van der Waals surface area contributed by atoms with E-state index in [2.05, 4.69) is 126 Å². The zero-order valence-corrected chi connectivity index (χ0v) is 33.2. The second-order valence-corrected chi connectivity index (χ2v) is 12.5. The van der Waals surface area contributed by atoms with Crippen molar-refractivity contribution in [2.45, 2.75) is 81.1 Å². The summed E-state index contributed by atoms with van der Waals surface area (Å²) in [5.74, 6) is 0.592. The summed E-state index contributed by atoms with van der Waals surface area (Å²) in [4.78, 5) is 0. The van der Waals surface area contributed by atoms with Gasteiger partial charge in [0.05, 0.1) is 0 Å². The van der Waals surface area contributed by atoms with Crippen molar-refractivity contribution >= 4 is 29.0 Å². The van der Waals surface area contributed by atoms with Gasteiger partial charge < -0.3 is 0 Å². The number of hydrogen-bond donors (Lipinski definition) is 0. The van der Waals surface area contributed by atoms with Gasteiger partial charge in [0, 0.05) is 0 Å². The van der Waals surface area contributed by atoms with E-state index in [1.807, 2.05) is 48.5 Å². The monoisotopic (exact) mass is 728 g/mol. The first-order chi connectivity index (χ1) is 21.1. The quantitative estimate of drug-likeness (QED) is 0.162. The molecule has 0 N–H and O–H groups in total. The molecule has 0 radical (unpaired) electrons. The number of aryl methyl sites for hydroxylation is 4. The van der Waals surface area contributed by atoms with Gasteiger partial charge in [-0.1, -0.05) is 108 Å². The molecule has 0 aromatic heterocycles. The molecular weight excluding hydrogens is 679 g/mol. The summed E-state index contributed by atoms with van der Waals surface area (Å²) in [5.41, 5.74) is 12.5. The molecule has 0 saturated heterocycles. The summed E-state index contributed by atoms with van der Waals surface area (Å²) in [6.45, 7) is 17.4. The Labute approximate surface area is 309 Å². The third-order valence-electron chi connectivity index (χ3n) is 7.43. The Kier molecular flexibility index (Phi) is 21.9. The maximum atomic E-state index is 3.45. The molecule has 3 heteroatoms. The molecule has 0 bridgehead atoms. The van der Waals surface area contributed by atoms with E-state index in [1.54, 1.807) is 0 Å². The van der Waals surface area contributed by atoms with Crippen LogP contribution >= 0.6 is 24.8 Å². The third kappa shape index (κ3) is 15.5. The van der Waals surface area contributed by atoms with Crippen LogP contribution < -0.4 is 0 Å². The zero-order valence-electron chi connectivity index (χ0n) is 29.1. The van der Waals surface area contributed by atoms with E-state index in [-0.39, 0.29) is 24.8 Å². The van der Waals surface area contributed by atoms with Crippen LogP contribution in [-0.2, 0) is 30.7 Å². The second-order valence-electron chi connectivity index (χ2n) is 12.5.